The van der Waals surface area contributed by atoms with Crippen LogP contribution in [0.4, 0.5) is 22.0 Å². The fourth-order valence-electron chi connectivity index (χ4n) is 1.44. The number of rotatable bonds is 4. The lowest BCUT2D eigenvalue weighted by molar-refractivity contribution is -0.149. The summed E-state index contributed by atoms with van der Waals surface area (Å²) in [7, 11) is 0. The number of nitrogens with zero attached hydrogens (tertiary/aromatic N) is 1. The van der Waals surface area contributed by atoms with E-state index in [1.807, 2.05) is 0 Å². The van der Waals surface area contributed by atoms with E-state index in [0.717, 1.165) is 0 Å². The summed E-state index contributed by atoms with van der Waals surface area (Å²) >= 11 is 5.25. The van der Waals surface area contributed by atoms with E-state index in [1.54, 1.807) is 0 Å². The lowest BCUT2D eigenvalue weighted by Gasteiger charge is -2.22. The van der Waals surface area contributed by atoms with E-state index in [9.17, 15) is 31.5 Å². The lowest BCUT2D eigenvalue weighted by atomic mass is 10.1. The van der Waals surface area contributed by atoms with Gasteiger partial charge in [0.1, 0.15) is 24.7 Å². The van der Waals surface area contributed by atoms with E-state index in [1.165, 1.54) is 0 Å². The van der Waals surface area contributed by atoms with E-state index in [4.69, 9.17) is 16.7 Å². The summed E-state index contributed by atoms with van der Waals surface area (Å²) < 4.78 is 63.6. The molecular weight excluding hydrogens is 325 g/mol. The van der Waals surface area contributed by atoms with Gasteiger partial charge in [-0.2, -0.15) is 13.2 Å². The lowest BCUT2D eigenvalue weighted by Crippen LogP contribution is -2.42. The van der Waals surface area contributed by atoms with Gasteiger partial charge in [-0.1, -0.05) is 11.6 Å². The number of alkyl halides is 3. The Hall–Kier alpha value is -1.90. The Morgan fingerprint density at radius 1 is 1.19 bits per heavy atom. The van der Waals surface area contributed by atoms with Crippen LogP contribution in [0, 0.1) is 11.6 Å². The molecule has 0 aliphatic heterocycles. The Kier molecular flexibility index (Phi) is 5.10. The molecule has 0 unspecified atom stereocenters. The van der Waals surface area contributed by atoms with Crippen LogP contribution < -0.4 is 0 Å². The molecule has 0 atom stereocenters. The maximum absolute atomic E-state index is 13.5. The highest BCUT2D eigenvalue weighted by Gasteiger charge is 2.35. The molecule has 0 heterocycles. The standard InChI is InChI=1S/C11H7ClF5NO3/c12-6-2-7(13)5(1-8(6)14)10(21)18(3-9(19)20)4-11(15,16)17/h1-2H,3-4H2,(H,19,20). The second-order valence-electron chi connectivity index (χ2n) is 3.92. The largest absolute Gasteiger partial charge is 0.480 e. The van der Waals surface area contributed by atoms with Gasteiger partial charge in [0.15, 0.2) is 0 Å². The number of aliphatic carboxylic acids is 1. The molecule has 0 bridgehead atoms. The third-order valence-corrected chi connectivity index (χ3v) is 2.51. The van der Waals surface area contributed by atoms with Crippen LogP contribution in [0.2, 0.25) is 5.02 Å². The molecule has 4 nitrogen and oxygen atoms in total. The number of halogens is 6. The Labute approximate surface area is 119 Å². The molecule has 0 saturated carbocycles. The molecule has 116 valence electrons. The monoisotopic (exact) mass is 331 g/mol. The summed E-state index contributed by atoms with van der Waals surface area (Å²) in [4.78, 5) is 22.1. The highest BCUT2D eigenvalue weighted by Crippen LogP contribution is 2.22. The first-order valence-corrected chi connectivity index (χ1v) is 5.61. The molecule has 0 spiro atoms. The smallest absolute Gasteiger partial charge is 0.406 e. The Balaban J connectivity index is 3.16. The summed E-state index contributed by atoms with van der Waals surface area (Å²) in [6, 6.07) is 0.724. The van der Waals surface area contributed by atoms with Crippen molar-refractivity contribution in [2.45, 2.75) is 6.18 Å². The van der Waals surface area contributed by atoms with Gasteiger partial charge in [0, 0.05) is 0 Å². The predicted molar refractivity (Wildman–Crippen MR) is 61.0 cm³/mol. The van der Waals surface area contributed by atoms with Crippen molar-refractivity contribution in [3.63, 3.8) is 0 Å². The van der Waals surface area contributed by atoms with Crippen molar-refractivity contribution in [2.75, 3.05) is 13.1 Å². The van der Waals surface area contributed by atoms with Gasteiger partial charge in [-0.25, -0.2) is 8.78 Å². The predicted octanol–water partition coefficient (Wildman–Crippen LogP) is 2.71. The van der Waals surface area contributed by atoms with Crippen molar-refractivity contribution in [3.05, 3.63) is 34.4 Å². The minimum absolute atomic E-state index is 0.159. The average molecular weight is 332 g/mol. The van der Waals surface area contributed by atoms with E-state index in [2.05, 4.69) is 0 Å². The van der Waals surface area contributed by atoms with Crippen LogP contribution in [-0.4, -0.2) is 41.1 Å². The van der Waals surface area contributed by atoms with Crippen molar-refractivity contribution in [3.8, 4) is 0 Å². The molecule has 0 aromatic heterocycles. The third-order valence-electron chi connectivity index (χ3n) is 2.22. The van der Waals surface area contributed by atoms with Gasteiger partial charge in [-0.05, 0) is 12.1 Å². The second-order valence-corrected chi connectivity index (χ2v) is 4.32. The molecule has 21 heavy (non-hydrogen) atoms. The van der Waals surface area contributed by atoms with Crippen molar-refractivity contribution in [1.82, 2.24) is 4.90 Å². The molecule has 0 radical (unpaired) electrons. The summed E-state index contributed by atoms with van der Waals surface area (Å²) in [6.07, 6.45) is -4.90. The van der Waals surface area contributed by atoms with Crippen molar-refractivity contribution >= 4 is 23.5 Å². The summed E-state index contributed by atoms with van der Waals surface area (Å²) in [5.74, 6) is -5.92. The zero-order chi connectivity index (χ0) is 16.4. The van der Waals surface area contributed by atoms with Crippen molar-refractivity contribution in [1.29, 1.82) is 0 Å². The minimum Gasteiger partial charge on any atom is -0.480 e. The molecule has 1 aromatic rings. The number of benzene rings is 1. The first-order valence-electron chi connectivity index (χ1n) is 5.23. The Morgan fingerprint density at radius 3 is 2.24 bits per heavy atom. The summed E-state index contributed by atoms with van der Waals surface area (Å²) in [6.45, 7) is -3.23. The Bertz CT molecular complexity index is 576. The highest BCUT2D eigenvalue weighted by molar-refractivity contribution is 6.30. The van der Waals surface area contributed by atoms with Gasteiger partial charge < -0.3 is 10.0 Å². The van der Waals surface area contributed by atoms with E-state index in [-0.39, 0.29) is 4.90 Å². The van der Waals surface area contributed by atoms with Crippen LogP contribution in [0.1, 0.15) is 10.4 Å². The number of amides is 1. The average Bonchev–Trinajstić information content (AvgIpc) is 2.29. The molecular formula is C11H7ClF5NO3. The number of hydrogen-bond donors (Lipinski definition) is 1. The number of carbonyl (C=O) groups excluding carboxylic acids is 1. The van der Waals surface area contributed by atoms with E-state index in [0.29, 0.717) is 12.1 Å². The number of carbonyl (C=O) groups is 2. The molecule has 1 amide bonds. The zero-order valence-corrected chi connectivity index (χ0v) is 10.8. The number of carboxylic acids is 1. The fourth-order valence-corrected chi connectivity index (χ4v) is 1.59. The van der Waals surface area contributed by atoms with Crippen molar-refractivity contribution < 1.29 is 36.6 Å². The van der Waals surface area contributed by atoms with Crippen LogP contribution in [-0.2, 0) is 4.79 Å². The first kappa shape index (κ1) is 17.2. The topological polar surface area (TPSA) is 57.6 Å². The second kappa shape index (κ2) is 6.25. The summed E-state index contributed by atoms with van der Waals surface area (Å²) in [5, 5.41) is 7.83. The van der Waals surface area contributed by atoms with Gasteiger partial charge in [-0.3, -0.25) is 9.59 Å². The van der Waals surface area contributed by atoms with E-state index < -0.39 is 53.4 Å². The quantitative estimate of drug-likeness (QED) is 0.682. The molecule has 0 aliphatic rings. The Morgan fingerprint density at radius 2 is 1.76 bits per heavy atom. The van der Waals surface area contributed by atoms with Crippen LogP contribution in [0.15, 0.2) is 12.1 Å². The van der Waals surface area contributed by atoms with Crippen molar-refractivity contribution in [2.24, 2.45) is 0 Å². The van der Waals surface area contributed by atoms with Gasteiger partial charge in [0.05, 0.1) is 10.6 Å². The third kappa shape index (κ3) is 4.85. The highest BCUT2D eigenvalue weighted by atomic mass is 35.5. The first-order chi connectivity index (χ1) is 9.51. The zero-order valence-electron chi connectivity index (χ0n) is 10.0. The summed E-state index contributed by atoms with van der Waals surface area (Å²) in [5.41, 5.74) is -1.04. The molecule has 1 rings (SSSR count). The molecule has 1 aromatic carbocycles. The van der Waals surface area contributed by atoms with Crippen LogP contribution in [0.25, 0.3) is 0 Å². The molecule has 0 aliphatic carbocycles. The molecule has 0 fully saturated rings. The molecule has 0 saturated heterocycles. The van der Waals surface area contributed by atoms with E-state index >= 15 is 0 Å². The number of hydrogen-bond acceptors (Lipinski definition) is 2. The fraction of sp³-hybridized carbons (Fsp3) is 0.273. The normalized spacial score (nSPS) is 11.3. The molecule has 10 heteroatoms. The maximum atomic E-state index is 13.5. The number of carboxylic acid groups (broad SMARTS) is 1. The SMILES string of the molecule is O=C(O)CN(CC(F)(F)F)C(=O)c1cc(F)c(Cl)cc1F. The minimum atomic E-state index is -4.90. The van der Waals surface area contributed by atoms with Gasteiger partial charge in [-0.15, -0.1) is 0 Å². The molecule has 1 N–H and O–H groups in total. The van der Waals surface area contributed by atoms with Gasteiger partial charge in [0.2, 0.25) is 0 Å². The van der Waals surface area contributed by atoms with Gasteiger partial charge in [0.25, 0.3) is 5.91 Å². The van der Waals surface area contributed by atoms with Crippen LogP contribution in [0.3, 0.4) is 0 Å². The van der Waals surface area contributed by atoms with Gasteiger partial charge >= 0.3 is 12.1 Å². The van der Waals surface area contributed by atoms with Crippen LogP contribution >= 0.6 is 11.6 Å². The van der Waals surface area contributed by atoms with Crippen LogP contribution in [0.5, 0.6) is 0 Å². The maximum Gasteiger partial charge on any atom is 0.406 e.